The number of fused-ring (bicyclic) bond motifs is 1. The molecule has 250 valence electrons. The Morgan fingerprint density at radius 1 is 1.21 bits per heavy atom. The molecule has 15 heteroatoms. The number of hydrogen-bond donors (Lipinski definition) is 2. The molecule has 1 aliphatic carbocycles. The van der Waals surface area contributed by atoms with E-state index in [1.165, 1.54) is 28.7 Å². The molecule has 1 atom stereocenters. The van der Waals surface area contributed by atoms with Gasteiger partial charge in [0.1, 0.15) is 12.6 Å². The van der Waals surface area contributed by atoms with Crippen molar-refractivity contribution in [2.45, 2.75) is 63.5 Å². The number of methoxy groups -OCH3 is 1. The van der Waals surface area contributed by atoms with Crippen LogP contribution in [0, 0.1) is 11.3 Å². The average molecular weight is 657 g/mol. The SMILES string of the molecule is COC(=O)C1=C(C)N(c2cccc(C(F)(F)F)c2)c2n[nH]c(=O)n2[C@@H]1c1ccc(C#N)cc1C[N+](C)(C)C1CCC(O)CC1.O=C[O-]. The highest BCUT2D eigenvalue weighted by Crippen LogP contribution is 2.44. The van der Waals surface area contributed by atoms with Gasteiger partial charge >= 0.3 is 17.8 Å². The number of alkyl halides is 3. The van der Waals surface area contributed by atoms with E-state index < -0.39 is 35.9 Å². The third-order valence-corrected chi connectivity index (χ3v) is 8.78. The van der Waals surface area contributed by atoms with Crippen LogP contribution >= 0.6 is 0 Å². The van der Waals surface area contributed by atoms with Crippen molar-refractivity contribution in [3.63, 3.8) is 0 Å². The summed E-state index contributed by atoms with van der Waals surface area (Å²) in [6.45, 7) is 1.51. The number of aliphatic hydroxyl groups is 1. The Kier molecular flexibility index (Phi) is 10.3. The Labute approximate surface area is 268 Å². The van der Waals surface area contributed by atoms with Gasteiger partial charge in [0.2, 0.25) is 5.95 Å². The van der Waals surface area contributed by atoms with E-state index >= 15 is 0 Å². The van der Waals surface area contributed by atoms with Gasteiger partial charge in [-0.3, -0.25) is 4.90 Å². The molecule has 1 aromatic heterocycles. The first-order chi connectivity index (χ1) is 22.2. The molecular formula is C32H35F3N6O6. The monoisotopic (exact) mass is 656 g/mol. The zero-order valence-electron chi connectivity index (χ0n) is 26.2. The van der Waals surface area contributed by atoms with Crippen LogP contribution in [0.5, 0.6) is 0 Å². The lowest BCUT2D eigenvalue weighted by molar-refractivity contribution is -0.929. The van der Waals surface area contributed by atoms with Crippen LogP contribution in [-0.2, 0) is 27.0 Å². The Bertz CT molecular complexity index is 1770. The number of allylic oxidation sites excluding steroid dienone is 1. The first kappa shape index (κ1) is 34.9. The van der Waals surface area contributed by atoms with Gasteiger partial charge in [0.25, 0.3) is 0 Å². The predicted octanol–water partition coefficient (Wildman–Crippen LogP) is 2.90. The van der Waals surface area contributed by atoms with Crippen LogP contribution in [0.1, 0.15) is 60.9 Å². The predicted molar refractivity (Wildman–Crippen MR) is 161 cm³/mol. The van der Waals surface area contributed by atoms with Crippen LogP contribution in [0.15, 0.2) is 58.5 Å². The van der Waals surface area contributed by atoms with E-state index in [9.17, 15) is 33.1 Å². The normalized spacial score (nSPS) is 19.6. The quantitative estimate of drug-likeness (QED) is 0.231. The van der Waals surface area contributed by atoms with Crippen molar-refractivity contribution in [2.24, 2.45) is 0 Å². The number of quaternary nitrogens is 1. The van der Waals surface area contributed by atoms with Gasteiger partial charge in [-0.25, -0.2) is 19.3 Å². The van der Waals surface area contributed by atoms with E-state index in [2.05, 4.69) is 30.4 Å². The molecule has 0 bridgehead atoms. The molecule has 1 fully saturated rings. The maximum atomic E-state index is 13.7. The molecule has 0 radical (unpaired) electrons. The van der Waals surface area contributed by atoms with Gasteiger partial charge in [0.15, 0.2) is 0 Å². The summed E-state index contributed by atoms with van der Waals surface area (Å²) in [5, 5.41) is 34.6. The van der Waals surface area contributed by atoms with Crippen molar-refractivity contribution in [3.8, 4) is 6.07 Å². The summed E-state index contributed by atoms with van der Waals surface area (Å²) >= 11 is 0. The Morgan fingerprint density at radius 2 is 1.87 bits per heavy atom. The number of halogens is 3. The molecule has 1 saturated carbocycles. The lowest BCUT2D eigenvalue weighted by atomic mass is 9.88. The Morgan fingerprint density at radius 3 is 2.47 bits per heavy atom. The molecule has 2 N–H and O–H groups in total. The first-order valence-electron chi connectivity index (χ1n) is 14.7. The lowest BCUT2D eigenvalue weighted by Crippen LogP contribution is -2.50. The van der Waals surface area contributed by atoms with E-state index in [1.54, 1.807) is 25.1 Å². The van der Waals surface area contributed by atoms with Crippen LogP contribution in [0.4, 0.5) is 24.8 Å². The number of carbonyl (C=O) groups excluding carboxylic acids is 2. The molecule has 12 nitrogen and oxygen atoms in total. The largest absolute Gasteiger partial charge is 0.554 e. The van der Waals surface area contributed by atoms with Gasteiger partial charge in [-0.2, -0.15) is 18.4 Å². The molecule has 1 aliphatic heterocycles. The number of nitrogens with zero attached hydrogens (tertiary/aromatic N) is 5. The van der Waals surface area contributed by atoms with Crippen LogP contribution in [0.3, 0.4) is 0 Å². The van der Waals surface area contributed by atoms with Gasteiger partial charge in [-0.05, 0) is 55.7 Å². The maximum absolute atomic E-state index is 13.7. The van der Waals surface area contributed by atoms with E-state index in [1.807, 2.05) is 0 Å². The van der Waals surface area contributed by atoms with E-state index in [4.69, 9.17) is 14.6 Å². The van der Waals surface area contributed by atoms with Crippen LogP contribution in [-0.4, -0.2) is 70.1 Å². The van der Waals surface area contributed by atoms with E-state index in [0.717, 1.165) is 25.0 Å². The summed E-state index contributed by atoms with van der Waals surface area (Å²) in [4.78, 5) is 36.5. The second kappa shape index (κ2) is 13.8. The summed E-state index contributed by atoms with van der Waals surface area (Å²) < 4.78 is 47.9. The molecular weight excluding hydrogens is 621 g/mol. The minimum absolute atomic E-state index is 0.00481. The first-order valence-corrected chi connectivity index (χ1v) is 14.7. The third-order valence-electron chi connectivity index (χ3n) is 8.78. The lowest BCUT2D eigenvalue weighted by Gasteiger charge is -2.42. The smallest absolute Gasteiger partial charge is 0.416 e. The van der Waals surface area contributed by atoms with E-state index in [-0.39, 0.29) is 35.1 Å². The van der Waals surface area contributed by atoms with Crippen LogP contribution < -0.4 is 15.7 Å². The fourth-order valence-electron chi connectivity index (χ4n) is 6.48. The molecule has 2 heterocycles. The van der Waals surface area contributed by atoms with Gasteiger partial charge in [0.05, 0.1) is 56.1 Å². The minimum atomic E-state index is -4.62. The zero-order chi connectivity index (χ0) is 34.7. The summed E-state index contributed by atoms with van der Waals surface area (Å²) in [5.74, 6) is -0.775. The molecule has 5 rings (SSSR count). The molecule has 0 amide bonds. The van der Waals surface area contributed by atoms with E-state index in [0.29, 0.717) is 40.6 Å². The molecule has 3 aromatic rings. The number of nitriles is 1. The van der Waals surface area contributed by atoms with Gasteiger partial charge in [-0.1, -0.05) is 12.1 Å². The molecule has 0 spiro atoms. The van der Waals surface area contributed by atoms with Gasteiger partial charge in [0, 0.05) is 36.3 Å². The molecule has 2 aliphatic rings. The number of anilines is 2. The van der Waals surface area contributed by atoms with Crippen molar-refractivity contribution >= 4 is 24.1 Å². The maximum Gasteiger partial charge on any atom is 0.416 e. The van der Waals surface area contributed by atoms with Gasteiger partial charge < -0.3 is 24.2 Å². The van der Waals surface area contributed by atoms with Crippen molar-refractivity contribution < 1.29 is 42.2 Å². The number of nitrogens with one attached hydrogen (secondary N) is 1. The van der Waals surface area contributed by atoms with Crippen LogP contribution in [0.25, 0.3) is 0 Å². The highest BCUT2D eigenvalue weighted by molar-refractivity contribution is 5.93. The summed E-state index contributed by atoms with van der Waals surface area (Å²) in [5.41, 5.74) is 0.403. The fourth-order valence-corrected chi connectivity index (χ4v) is 6.48. The van der Waals surface area contributed by atoms with Crippen molar-refractivity contribution in [1.82, 2.24) is 14.8 Å². The molecule has 0 unspecified atom stereocenters. The number of carboxylic acid groups (broad SMARTS) is 1. The topological polar surface area (TPSA) is 164 Å². The standard InChI is InChI=1S/C31H33F3N6O4.CH2O2/c1-18-26(28(42)44-4)27(39-29(36-37-30(39)43)38(18)22-7-5-6-21(15-22)31(32,33)34)25-13-8-19(16-35)14-20(25)17-40(2,3)23-9-11-24(41)12-10-23;2-1-3/h5-8,13-15,23-24,27,41H,9-12,17H2,1-4H3;1H,(H,2,3)/t23?,24?,27-;/m1./s1. The second-order valence-corrected chi connectivity index (χ2v) is 12.0. The summed E-state index contributed by atoms with van der Waals surface area (Å²) in [7, 11) is 5.33. The van der Waals surface area contributed by atoms with Crippen molar-refractivity contribution in [2.75, 3.05) is 26.1 Å². The van der Waals surface area contributed by atoms with Gasteiger partial charge in [-0.15, -0.1) is 5.10 Å². The molecule has 2 aromatic carbocycles. The number of carbonyl (C=O) groups is 2. The third kappa shape index (κ3) is 7.08. The number of aromatic amines is 1. The number of benzene rings is 2. The average Bonchev–Trinajstić information content (AvgIpc) is 3.40. The van der Waals surface area contributed by atoms with Crippen molar-refractivity contribution in [1.29, 1.82) is 5.26 Å². The highest BCUT2D eigenvalue weighted by Gasteiger charge is 2.42. The minimum Gasteiger partial charge on any atom is -0.554 e. The molecule has 0 saturated heterocycles. The zero-order valence-corrected chi connectivity index (χ0v) is 26.2. The number of aliphatic hydroxyl groups excluding tert-OH is 1. The molecule has 47 heavy (non-hydrogen) atoms. The van der Waals surface area contributed by atoms with Crippen molar-refractivity contribution in [3.05, 3.63) is 86.5 Å². The number of aromatic nitrogens is 3. The second-order valence-electron chi connectivity index (χ2n) is 12.0. The number of ether oxygens (including phenoxy) is 1. The number of hydrogen-bond acceptors (Lipinski definition) is 9. The fraction of sp³-hybridized carbons (Fsp3) is 0.406. The summed E-state index contributed by atoms with van der Waals surface area (Å²) in [6, 6.07) is 10.9. The highest BCUT2D eigenvalue weighted by atomic mass is 19.4. The summed E-state index contributed by atoms with van der Waals surface area (Å²) in [6.07, 6.45) is -1.95. The Hall–Kier alpha value is -4.94. The Balaban J connectivity index is 0.00000160. The van der Waals surface area contributed by atoms with Crippen LogP contribution in [0.2, 0.25) is 0 Å². The number of H-pyrrole nitrogens is 1. The number of esters is 1. The number of rotatable bonds is 6.